The molecule has 0 atom stereocenters. The van der Waals surface area contributed by atoms with Gasteiger partial charge in [0, 0.05) is 38.9 Å². The van der Waals surface area contributed by atoms with Gasteiger partial charge in [0.25, 0.3) is 5.91 Å². The lowest BCUT2D eigenvalue weighted by atomic mass is 10.2. The Hall–Kier alpha value is -3.11. The quantitative estimate of drug-likeness (QED) is 0.563. The van der Waals surface area contributed by atoms with Crippen molar-refractivity contribution in [1.29, 1.82) is 0 Å². The third-order valence-corrected chi connectivity index (χ3v) is 7.46. The summed E-state index contributed by atoms with van der Waals surface area (Å²) in [6.45, 7) is 0.827. The lowest BCUT2D eigenvalue weighted by molar-refractivity contribution is -0.137. The van der Waals surface area contributed by atoms with Gasteiger partial charge in [-0.3, -0.25) is 4.79 Å². The molecule has 0 unspecified atom stereocenters. The molecule has 1 aliphatic heterocycles. The van der Waals surface area contributed by atoms with E-state index in [1.165, 1.54) is 0 Å². The first kappa shape index (κ1) is 23.1. The number of carbonyl (C=O) groups excluding carboxylic acids is 1. The molecule has 3 aromatic rings. The van der Waals surface area contributed by atoms with Crippen molar-refractivity contribution in [3.05, 3.63) is 89.7 Å². The van der Waals surface area contributed by atoms with Crippen molar-refractivity contribution >= 4 is 15.9 Å². The van der Waals surface area contributed by atoms with Gasteiger partial charge in [0.1, 0.15) is 5.69 Å². The molecule has 33 heavy (non-hydrogen) atoms. The van der Waals surface area contributed by atoms with Gasteiger partial charge in [0.05, 0.1) is 10.5 Å². The van der Waals surface area contributed by atoms with Crippen LogP contribution < -0.4 is 0 Å². The maximum atomic E-state index is 13.1. The second-order valence-corrected chi connectivity index (χ2v) is 9.67. The van der Waals surface area contributed by atoms with E-state index in [9.17, 15) is 26.4 Å². The van der Waals surface area contributed by atoms with Gasteiger partial charge in [-0.15, -0.1) is 0 Å². The molecule has 1 fully saturated rings. The summed E-state index contributed by atoms with van der Waals surface area (Å²) in [6.07, 6.45) is -2.82. The molecule has 0 spiro atoms. The summed E-state index contributed by atoms with van der Waals surface area (Å²) in [7, 11) is -4.11. The number of sulfonamides is 1. The zero-order valence-corrected chi connectivity index (χ0v) is 18.4. The molecule has 0 bridgehead atoms. The van der Waals surface area contributed by atoms with Gasteiger partial charge in [-0.05, 0) is 35.9 Å². The van der Waals surface area contributed by atoms with E-state index in [1.54, 1.807) is 17.0 Å². The molecular weight excluding hydrogens is 455 g/mol. The minimum absolute atomic E-state index is 0.00368. The number of piperazine rings is 1. The second-order valence-electron chi connectivity index (χ2n) is 7.73. The van der Waals surface area contributed by atoms with Crippen molar-refractivity contribution in [2.24, 2.45) is 0 Å². The van der Waals surface area contributed by atoms with Crippen molar-refractivity contribution in [2.75, 3.05) is 26.2 Å². The second kappa shape index (κ2) is 9.03. The topological polar surface area (TPSA) is 62.6 Å². The van der Waals surface area contributed by atoms with Gasteiger partial charge in [-0.2, -0.15) is 17.5 Å². The molecule has 0 radical (unpaired) electrons. The summed E-state index contributed by atoms with van der Waals surface area (Å²) in [5.74, 6) is -0.216. The number of rotatable bonds is 5. The Balaban J connectivity index is 1.44. The van der Waals surface area contributed by atoms with E-state index in [0.29, 0.717) is 18.3 Å². The van der Waals surface area contributed by atoms with Crippen LogP contribution in [0.2, 0.25) is 0 Å². The third kappa shape index (κ3) is 4.96. The largest absolute Gasteiger partial charge is 0.416 e. The van der Waals surface area contributed by atoms with E-state index in [0.717, 1.165) is 28.1 Å². The number of amides is 1. The smallest absolute Gasteiger partial charge is 0.339 e. The number of halogens is 3. The van der Waals surface area contributed by atoms with E-state index in [4.69, 9.17) is 0 Å². The zero-order valence-electron chi connectivity index (χ0n) is 17.6. The summed E-state index contributed by atoms with van der Waals surface area (Å²) < 4.78 is 67.7. The number of nitrogens with zero attached hydrogens (tertiary/aromatic N) is 3. The minimum atomic E-state index is -4.63. The maximum Gasteiger partial charge on any atom is 0.416 e. The Morgan fingerprint density at radius 2 is 1.58 bits per heavy atom. The Kier molecular flexibility index (Phi) is 6.31. The molecule has 2 aromatic carbocycles. The van der Waals surface area contributed by atoms with Crippen LogP contribution in [0.3, 0.4) is 0 Å². The fourth-order valence-corrected chi connectivity index (χ4v) is 5.27. The Labute approximate surface area is 189 Å². The van der Waals surface area contributed by atoms with Crippen LogP contribution in [-0.2, 0) is 22.7 Å². The van der Waals surface area contributed by atoms with Crippen LogP contribution in [0.5, 0.6) is 0 Å². The van der Waals surface area contributed by atoms with E-state index >= 15 is 0 Å². The van der Waals surface area contributed by atoms with E-state index < -0.39 is 26.7 Å². The molecule has 4 rings (SSSR count). The van der Waals surface area contributed by atoms with Crippen LogP contribution in [0.4, 0.5) is 13.2 Å². The fourth-order valence-electron chi connectivity index (χ4n) is 3.80. The molecule has 1 aromatic heterocycles. The average Bonchev–Trinajstić information content (AvgIpc) is 3.27. The van der Waals surface area contributed by atoms with Crippen LogP contribution in [0.15, 0.2) is 77.8 Å². The summed E-state index contributed by atoms with van der Waals surface area (Å²) in [5.41, 5.74) is 0.518. The molecule has 0 aliphatic carbocycles. The van der Waals surface area contributed by atoms with E-state index in [-0.39, 0.29) is 32.1 Å². The SMILES string of the molecule is O=C(c1cccn1Cc1ccccc1)N1CCN(S(=O)(=O)c2cccc(C(F)(F)F)c2)CC1. The van der Waals surface area contributed by atoms with Gasteiger partial charge in [0.15, 0.2) is 0 Å². The number of aromatic nitrogens is 1. The van der Waals surface area contributed by atoms with Crippen molar-refractivity contribution in [3.63, 3.8) is 0 Å². The monoisotopic (exact) mass is 477 g/mol. The van der Waals surface area contributed by atoms with Crippen LogP contribution in [0.1, 0.15) is 21.6 Å². The molecule has 174 valence electrons. The maximum absolute atomic E-state index is 13.1. The average molecular weight is 478 g/mol. The van der Waals surface area contributed by atoms with Gasteiger partial charge >= 0.3 is 6.18 Å². The normalized spacial score (nSPS) is 15.5. The first-order valence-corrected chi connectivity index (χ1v) is 11.8. The fraction of sp³-hybridized carbons (Fsp3) is 0.261. The van der Waals surface area contributed by atoms with Crippen LogP contribution in [0, 0.1) is 0 Å². The van der Waals surface area contributed by atoms with E-state index in [1.807, 2.05) is 41.1 Å². The summed E-state index contributed by atoms with van der Waals surface area (Å²) in [4.78, 5) is 14.2. The Morgan fingerprint density at radius 3 is 2.24 bits per heavy atom. The van der Waals surface area contributed by atoms with Crippen LogP contribution in [-0.4, -0.2) is 54.3 Å². The highest BCUT2D eigenvalue weighted by Crippen LogP contribution is 2.31. The number of benzene rings is 2. The predicted octanol–water partition coefficient (Wildman–Crippen LogP) is 3.70. The molecule has 6 nitrogen and oxygen atoms in total. The number of hydrogen-bond acceptors (Lipinski definition) is 3. The standard InChI is InChI=1S/C23H22F3N3O3S/c24-23(25,26)19-8-4-9-20(16-19)33(31,32)29-14-12-27(13-15-29)22(30)21-10-5-11-28(21)17-18-6-2-1-3-7-18/h1-11,16H,12-15,17H2. The molecule has 0 saturated carbocycles. The van der Waals surface area contributed by atoms with Crippen molar-refractivity contribution in [1.82, 2.24) is 13.8 Å². The highest BCUT2D eigenvalue weighted by Gasteiger charge is 2.34. The lowest BCUT2D eigenvalue weighted by Gasteiger charge is -2.34. The number of hydrogen-bond donors (Lipinski definition) is 0. The molecular formula is C23H22F3N3O3S. The number of carbonyl (C=O) groups is 1. The Morgan fingerprint density at radius 1 is 0.879 bits per heavy atom. The first-order chi connectivity index (χ1) is 15.7. The summed E-state index contributed by atoms with van der Waals surface area (Å²) in [6, 6.07) is 16.9. The molecule has 0 N–H and O–H groups in total. The van der Waals surface area contributed by atoms with Crippen molar-refractivity contribution in [2.45, 2.75) is 17.6 Å². The van der Waals surface area contributed by atoms with Crippen molar-refractivity contribution in [3.8, 4) is 0 Å². The molecule has 2 heterocycles. The zero-order chi connectivity index (χ0) is 23.6. The minimum Gasteiger partial charge on any atom is -0.339 e. The molecule has 1 amide bonds. The Bertz CT molecular complexity index is 1230. The molecule has 1 saturated heterocycles. The van der Waals surface area contributed by atoms with Gasteiger partial charge in [-0.1, -0.05) is 36.4 Å². The van der Waals surface area contributed by atoms with E-state index in [2.05, 4.69) is 0 Å². The third-order valence-electron chi connectivity index (χ3n) is 5.57. The molecule has 1 aliphatic rings. The van der Waals surface area contributed by atoms with Crippen molar-refractivity contribution < 1.29 is 26.4 Å². The van der Waals surface area contributed by atoms with Gasteiger partial charge in [-0.25, -0.2) is 8.42 Å². The summed E-state index contributed by atoms with van der Waals surface area (Å²) >= 11 is 0. The van der Waals surface area contributed by atoms with Gasteiger partial charge in [0.2, 0.25) is 10.0 Å². The summed E-state index contributed by atoms with van der Waals surface area (Å²) in [5, 5.41) is 0. The van der Waals surface area contributed by atoms with Gasteiger partial charge < -0.3 is 9.47 Å². The van der Waals surface area contributed by atoms with Crippen LogP contribution in [0.25, 0.3) is 0 Å². The predicted molar refractivity (Wildman–Crippen MR) is 116 cm³/mol. The lowest BCUT2D eigenvalue weighted by Crippen LogP contribution is -2.50. The molecule has 10 heteroatoms. The number of alkyl halides is 3. The highest BCUT2D eigenvalue weighted by molar-refractivity contribution is 7.89. The van der Waals surface area contributed by atoms with Crippen LogP contribution >= 0.6 is 0 Å². The highest BCUT2D eigenvalue weighted by atomic mass is 32.2. The first-order valence-electron chi connectivity index (χ1n) is 10.3.